The van der Waals surface area contributed by atoms with Crippen LogP contribution in [0.1, 0.15) is 99.4 Å². The van der Waals surface area contributed by atoms with E-state index in [2.05, 4.69) is 30.9 Å². The fourth-order valence-corrected chi connectivity index (χ4v) is 8.78. The summed E-state index contributed by atoms with van der Waals surface area (Å²) in [4.78, 5) is 86.9. The molecule has 1 saturated carbocycles. The first kappa shape index (κ1) is 36.5. The maximum atomic E-state index is 13.8. The van der Waals surface area contributed by atoms with Crippen LogP contribution in [0.15, 0.2) is 55.0 Å². The van der Waals surface area contributed by atoms with Gasteiger partial charge in [-0.2, -0.15) is 5.10 Å². The number of carbonyl (C=O) groups excluding carboxylic acids is 6. The van der Waals surface area contributed by atoms with Crippen LogP contribution in [-0.4, -0.2) is 104 Å². The average Bonchev–Trinajstić information content (AvgIpc) is 3.82. The Morgan fingerprint density at radius 2 is 1.74 bits per heavy atom. The summed E-state index contributed by atoms with van der Waals surface area (Å²) < 4.78 is 7.63. The third-order valence-electron chi connectivity index (χ3n) is 11.8. The lowest BCUT2D eigenvalue weighted by Gasteiger charge is -2.42. The molecule has 16 nitrogen and oxygen atoms in total. The van der Waals surface area contributed by atoms with Gasteiger partial charge < -0.3 is 25.2 Å². The highest BCUT2D eigenvalue weighted by Gasteiger charge is 2.45. The van der Waals surface area contributed by atoms with Crippen LogP contribution in [0.3, 0.4) is 0 Å². The van der Waals surface area contributed by atoms with Crippen molar-refractivity contribution >= 4 is 52.5 Å². The van der Waals surface area contributed by atoms with Crippen molar-refractivity contribution in [2.75, 3.05) is 29.9 Å². The van der Waals surface area contributed by atoms with Crippen molar-refractivity contribution in [2.24, 2.45) is 5.92 Å². The molecular weight excluding hydrogens is 731 g/mol. The van der Waals surface area contributed by atoms with E-state index >= 15 is 0 Å². The number of benzene rings is 2. The van der Waals surface area contributed by atoms with Gasteiger partial charge in [0.05, 0.1) is 29.1 Å². The van der Waals surface area contributed by atoms with Crippen LogP contribution in [0.5, 0.6) is 5.75 Å². The number of imide groups is 2. The van der Waals surface area contributed by atoms with E-state index in [1.54, 1.807) is 41.2 Å². The first-order valence-electron chi connectivity index (χ1n) is 19.6. The van der Waals surface area contributed by atoms with Crippen molar-refractivity contribution in [3.05, 3.63) is 82.8 Å². The first-order valence-corrected chi connectivity index (χ1v) is 19.6. The SMILES string of the molecule is CC(C)Oc1cc2c(cc1NC(=O)c1cnn3cccnc13)CN(C1CCC(NCC3CN(c4ccc5c(c4)C(=O)N(C4CCC(=O)NC4=O)C5=O)C3)CC1)C2=O. The van der Waals surface area contributed by atoms with Crippen LogP contribution < -0.4 is 25.6 Å². The van der Waals surface area contributed by atoms with E-state index in [4.69, 9.17) is 4.74 Å². The lowest BCUT2D eigenvalue weighted by atomic mass is 9.89. The van der Waals surface area contributed by atoms with Gasteiger partial charge in [0.25, 0.3) is 23.6 Å². The number of nitrogens with one attached hydrogen (secondary N) is 3. The summed E-state index contributed by atoms with van der Waals surface area (Å²) in [6.45, 7) is 6.74. The van der Waals surface area contributed by atoms with Gasteiger partial charge >= 0.3 is 0 Å². The van der Waals surface area contributed by atoms with Crippen LogP contribution in [0.4, 0.5) is 11.4 Å². The summed E-state index contributed by atoms with van der Waals surface area (Å²) in [7, 11) is 0. The average molecular weight is 774 g/mol. The minimum absolute atomic E-state index is 0.0180. The van der Waals surface area contributed by atoms with Crippen molar-refractivity contribution in [3.8, 4) is 5.75 Å². The molecule has 57 heavy (non-hydrogen) atoms. The van der Waals surface area contributed by atoms with Crippen LogP contribution in [0.2, 0.25) is 0 Å². The molecule has 6 amide bonds. The third-order valence-corrected chi connectivity index (χ3v) is 11.8. The van der Waals surface area contributed by atoms with Crippen LogP contribution in [0.25, 0.3) is 5.65 Å². The van der Waals surface area contributed by atoms with Gasteiger partial charge in [0, 0.05) is 74.2 Å². The van der Waals surface area contributed by atoms with Gasteiger partial charge in [-0.15, -0.1) is 0 Å². The van der Waals surface area contributed by atoms with Gasteiger partial charge in [-0.3, -0.25) is 39.0 Å². The van der Waals surface area contributed by atoms with E-state index in [9.17, 15) is 28.8 Å². The molecular formula is C41H43N9O7. The number of ether oxygens (including phenoxy) is 1. The van der Waals surface area contributed by atoms with Gasteiger partial charge in [-0.25, -0.2) is 9.50 Å². The molecule has 2 aromatic carbocycles. The first-order chi connectivity index (χ1) is 27.5. The molecule has 3 fully saturated rings. The molecule has 6 heterocycles. The predicted octanol–water partition coefficient (Wildman–Crippen LogP) is 3.16. The number of hydrogen-bond donors (Lipinski definition) is 3. The number of nitrogens with zero attached hydrogens (tertiary/aromatic N) is 6. The van der Waals surface area contributed by atoms with Crippen molar-refractivity contribution in [1.82, 2.24) is 35.0 Å². The van der Waals surface area contributed by atoms with E-state index in [1.165, 1.54) is 6.20 Å². The smallest absolute Gasteiger partial charge is 0.262 e. The molecule has 1 aliphatic carbocycles. The minimum atomic E-state index is -0.985. The second-order valence-electron chi connectivity index (χ2n) is 15.9. The fraction of sp³-hybridized carbons (Fsp3) is 0.415. The van der Waals surface area contributed by atoms with Crippen LogP contribution >= 0.6 is 0 Å². The molecule has 1 unspecified atom stereocenters. The standard InChI is InChI=1S/C41H43N9O7/c1-22(2)57-34-16-29-24(14-32(34)45-37(52)31-18-44-49-13-3-12-42-36(31)49)21-48(39(29)54)26-6-4-25(5-7-26)43-17-23-19-47(20-23)27-8-9-28-30(15-27)41(56)50(40(28)55)33-10-11-35(51)46-38(33)53/h3,8-9,12-16,18,22-23,25-26,33,43H,4-7,10-11,17,19-21H2,1-2H3,(H,45,52)(H,46,51,53). The normalized spacial score (nSPS) is 22.3. The second kappa shape index (κ2) is 14.4. The van der Waals surface area contributed by atoms with E-state index in [0.29, 0.717) is 46.7 Å². The van der Waals surface area contributed by atoms with Gasteiger partial charge in [-0.05, 0) is 87.9 Å². The molecule has 2 saturated heterocycles. The summed E-state index contributed by atoms with van der Waals surface area (Å²) in [5.41, 5.74) is 4.15. The number of fused-ring (bicyclic) bond motifs is 3. The molecule has 5 aliphatic rings. The van der Waals surface area contributed by atoms with E-state index in [-0.39, 0.29) is 47.9 Å². The molecule has 294 valence electrons. The van der Waals surface area contributed by atoms with Gasteiger partial charge in [0.2, 0.25) is 11.8 Å². The highest BCUT2D eigenvalue weighted by atomic mass is 16.5. The number of aromatic nitrogens is 3. The molecule has 3 N–H and O–H groups in total. The number of carbonyl (C=O) groups is 6. The van der Waals surface area contributed by atoms with Crippen molar-refractivity contribution in [3.63, 3.8) is 0 Å². The molecule has 0 radical (unpaired) electrons. The Kier molecular flexibility index (Phi) is 9.22. The summed E-state index contributed by atoms with van der Waals surface area (Å²) in [6, 6.07) is 10.1. The largest absolute Gasteiger partial charge is 0.489 e. The Hall–Kier alpha value is -6.16. The Bertz CT molecular complexity index is 2340. The lowest BCUT2D eigenvalue weighted by molar-refractivity contribution is -0.136. The predicted molar refractivity (Wildman–Crippen MR) is 206 cm³/mol. The van der Waals surface area contributed by atoms with Crippen molar-refractivity contribution in [1.29, 1.82) is 0 Å². The summed E-state index contributed by atoms with van der Waals surface area (Å²) >= 11 is 0. The second-order valence-corrected chi connectivity index (χ2v) is 15.9. The zero-order chi connectivity index (χ0) is 39.5. The number of rotatable bonds is 10. The monoisotopic (exact) mass is 773 g/mol. The quantitative estimate of drug-likeness (QED) is 0.201. The molecule has 0 bridgehead atoms. The zero-order valence-electron chi connectivity index (χ0n) is 31.7. The van der Waals surface area contributed by atoms with Gasteiger partial charge in [-0.1, -0.05) is 0 Å². The van der Waals surface area contributed by atoms with Crippen LogP contribution in [0, 0.1) is 5.92 Å². The van der Waals surface area contributed by atoms with Crippen LogP contribution in [-0.2, 0) is 16.1 Å². The number of piperidine rings is 1. The Labute approximate surface area is 327 Å². The fourth-order valence-electron chi connectivity index (χ4n) is 8.78. The number of amides is 6. The molecule has 1 atom stereocenters. The molecule has 16 heteroatoms. The number of anilines is 2. The van der Waals surface area contributed by atoms with E-state index < -0.39 is 29.7 Å². The molecule has 4 aliphatic heterocycles. The Balaban J connectivity index is 0.770. The minimum Gasteiger partial charge on any atom is -0.489 e. The van der Waals surface area contributed by atoms with Crippen molar-refractivity contribution < 1.29 is 33.5 Å². The highest BCUT2D eigenvalue weighted by molar-refractivity contribution is 6.23. The molecule has 4 aromatic rings. The Morgan fingerprint density at radius 1 is 0.947 bits per heavy atom. The van der Waals surface area contributed by atoms with Crippen molar-refractivity contribution in [2.45, 2.75) is 83.1 Å². The van der Waals surface area contributed by atoms with E-state index in [0.717, 1.165) is 61.5 Å². The van der Waals surface area contributed by atoms with Gasteiger partial charge in [0.15, 0.2) is 5.65 Å². The lowest BCUT2D eigenvalue weighted by Crippen LogP contribution is -2.54. The van der Waals surface area contributed by atoms with Gasteiger partial charge in [0.1, 0.15) is 17.4 Å². The zero-order valence-corrected chi connectivity index (χ0v) is 31.7. The molecule has 0 spiro atoms. The maximum Gasteiger partial charge on any atom is 0.262 e. The summed E-state index contributed by atoms with van der Waals surface area (Å²) in [5.74, 6) is -1.55. The summed E-state index contributed by atoms with van der Waals surface area (Å²) in [6.07, 6.45) is 8.51. The Morgan fingerprint density at radius 3 is 2.51 bits per heavy atom. The molecule has 9 rings (SSSR count). The number of hydrogen-bond acceptors (Lipinski definition) is 11. The topological polar surface area (TPSA) is 188 Å². The summed E-state index contributed by atoms with van der Waals surface area (Å²) in [5, 5.41) is 13.2. The third kappa shape index (κ3) is 6.66. The maximum absolute atomic E-state index is 13.8. The highest BCUT2D eigenvalue weighted by Crippen LogP contribution is 2.38. The molecule has 2 aromatic heterocycles. The van der Waals surface area contributed by atoms with E-state index in [1.807, 2.05) is 30.9 Å².